The monoisotopic (exact) mass is 435 g/mol. The van der Waals surface area contributed by atoms with Crippen LogP contribution in [-0.2, 0) is 4.84 Å². The standard InChI is InChI=1S/C25H29N3O4/c1-30-20-12-11-18(15-21(20)31-19-9-5-6-10-19)23-22(17-7-3-2-4-8-17)25(32-27-23)13-14-28(16-25)24(26)29/h2-4,7-8,11-12,15,19,22H,5-6,9-10,13-14,16H2,1H3,(H2,26,29). The summed E-state index contributed by atoms with van der Waals surface area (Å²) in [6, 6.07) is 15.7. The minimum Gasteiger partial charge on any atom is -0.493 e. The summed E-state index contributed by atoms with van der Waals surface area (Å²) >= 11 is 0. The van der Waals surface area contributed by atoms with E-state index in [-0.39, 0.29) is 12.0 Å². The molecular weight excluding hydrogens is 406 g/mol. The Balaban J connectivity index is 1.51. The molecule has 3 aliphatic rings. The summed E-state index contributed by atoms with van der Waals surface area (Å²) in [4.78, 5) is 19.6. The third kappa shape index (κ3) is 3.66. The number of carbonyl (C=O) groups is 1. The highest BCUT2D eigenvalue weighted by molar-refractivity contribution is 6.07. The van der Waals surface area contributed by atoms with E-state index in [1.165, 1.54) is 12.8 Å². The highest BCUT2D eigenvalue weighted by Gasteiger charge is 2.54. The topological polar surface area (TPSA) is 86.4 Å². The van der Waals surface area contributed by atoms with Gasteiger partial charge in [0, 0.05) is 18.5 Å². The first kappa shape index (κ1) is 20.7. The molecule has 7 nitrogen and oxygen atoms in total. The van der Waals surface area contributed by atoms with E-state index < -0.39 is 11.6 Å². The first-order valence-electron chi connectivity index (χ1n) is 11.3. The molecule has 32 heavy (non-hydrogen) atoms. The Morgan fingerprint density at radius 3 is 2.62 bits per heavy atom. The van der Waals surface area contributed by atoms with E-state index in [1.807, 2.05) is 36.4 Å². The lowest BCUT2D eigenvalue weighted by molar-refractivity contribution is -0.0177. The summed E-state index contributed by atoms with van der Waals surface area (Å²) in [7, 11) is 1.66. The maximum atomic E-state index is 11.8. The van der Waals surface area contributed by atoms with E-state index in [4.69, 9.17) is 20.0 Å². The Bertz CT molecular complexity index is 1020. The van der Waals surface area contributed by atoms with Gasteiger partial charge in [0.2, 0.25) is 0 Å². The predicted molar refractivity (Wildman–Crippen MR) is 121 cm³/mol. The van der Waals surface area contributed by atoms with Gasteiger partial charge in [0.25, 0.3) is 0 Å². The van der Waals surface area contributed by atoms with Crippen LogP contribution in [0.3, 0.4) is 0 Å². The minimum absolute atomic E-state index is 0.124. The van der Waals surface area contributed by atoms with Crippen LogP contribution in [0.1, 0.15) is 49.1 Å². The van der Waals surface area contributed by atoms with Gasteiger partial charge in [0.15, 0.2) is 17.1 Å². The summed E-state index contributed by atoms with van der Waals surface area (Å²) in [5.41, 5.74) is 7.81. The molecule has 7 heteroatoms. The number of hydrogen-bond acceptors (Lipinski definition) is 5. The summed E-state index contributed by atoms with van der Waals surface area (Å²) in [6.07, 6.45) is 5.41. The van der Waals surface area contributed by atoms with Crippen LogP contribution in [0.15, 0.2) is 53.7 Å². The lowest BCUT2D eigenvalue weighted by Crippen LogP contribution is -2.43. The third-order valence-electron chi connectivity index (χ3n) is 6.89. The van der Waals surface area contributed by atoms with Gasteiger partial charge in [0.1, 0.15) is 0 Å². The number of primary amides is 1. The van der Waals surface area contributed by atoms with Gasteiger partial charge in [-0.3, -0.25) is 0 Å². The van der Waals surface area contributed by atoms with E-state index in [2.05, 4.69) is 17.3 Å². The van der Waals surface area contributed by atoms with Crippen LogP contribution in [0.5, 0.6) is 11.5 Å². The SMILES string of the molecule is COc1ccc(C2=NOC3(CCN(C(N)=O)C3)C2c2ccccc2)cc1OC1CCCC1. The molecule has 2 fully saturated rings. The number of rotatable bonds is 5. The van der Waals surface area contributed by atoms with Crippen LogP contribution >= 0.6 is 0 Å². The molecule has 2 heterocycles. The summed E-state index contributed by atoms with van der Waals surface area (Å²) in [5, 5.41) is 4.56. The zero-order chi connectivity index (χ0) is 22.1. The molecule has 2 atom stereocenters. The average Bonchev–Trinajstić information content (AvgIpc) is 3.55. The molecule has 2 aromatic rings. The smallest absolute Gasteiger partial charge is 0.314 e. The van der Waals surface area contributed by atoms with Crippen molar-refractivity contribution in [1.29, 1.82) is 0 Å². The molecule has 2 aliphatic heterocycles. The lowest BCUT2D eigenvalue weighted by atomic mass is 9.77. The molecule has 1 saturated carbocycles. The maximum absolute atomic E-state index is 11.8. The maximum Gasteiger partial charge on any atom is 0.314 e. The molecule has 168 valence electrons. The Morgan fingerprint density at radius 1 is 1.16 bits per heavy atom. The van der Waals surface area contributed by atoms with Crippen molar-refractivity contribution < 1.29 is 19.1 Å². The number of carbonyl (C=O) groups excluding carboxylic acids is 1. The first-order chi connectivity index (χ1) is 15.6. The van der Waals surface area contributed by atoms with Crippen LogP contribution in [0.2, 0.25) is 0 Å². The molecule has 1 saturated heterocycles. The number of amides is 2. The Morgan fingerprint density at radius 2 is 1.94 bits per heavy atom. The largest absolute Gasteiger partial charge is 0.493 e. The van der Waals surface area contributed by atoms with Crippen molar-refractivity contribution in [2.45, 2.75) is 49.7 Å². The lowest BCUT2D eigenvalue weighted by Gasteiger charge is -2.29. The van der Waals surface area contributed by atoms with Crippen LogP contribution in [0.25, 0.3) is 0 Å². The van der Waals surface area contributed by atoms with Gasteiger partial charge in [-0.2, -0.15) is 0 Å². The third-order valence-corrected chi connectivity index (χ3v) is 6.89. The summed E-state index contributed by atoms with van der Waals surface area (Å²) in [6.45, 7) is 0.969. The molecule has 0 radical (unpaired) electrons. The molecule has 0 aromatic heterocycles. The van der Waals surface area contributed by atoms with Gasteiger partial charge in [-0.05, 0) is 49.4 Å². The molecule has 1 aliphatic carbocycles. The Hall–Kier alpha value is -3.22. The van der Waals surface area contributed by atoms with Crippen molar-refractivity contribution in [3.05, 3.63) is 59.7 Å². The Kier molecular flexibility index (Phi) is 5.41. The first-order valence-corrected chi connectivity index (χ1v) is 11.3. The second kappa shape index (κ2) is 8.37. The molecule has 0 bridgehead atoms. The number of ether oxygens (including phenoxy) is 2. The van der Waals surface area contributed by atoms with Crippen molar-refractivity contribution in [3.8, 4) is 11.5 Å². The molecular formula is C25H29N3O4. The number of methoxy groups -OCH3 is 1. The molecule has 1 spiro atoms. The molecule has 2 amide bonds. The van der Waals surface area contributed by atoms with Crippen molar-refractivity contribution >= 4 is 11.7 Å². The van der Waals surface area contributed by atoms with Gasteiger partial charge in [-0.25, -0.2) is 4.79 Å². The van der Waals surface area contributed by atoms with Gasteiger partial charge in [-0.15, -0.1) is 0 Å². The molecule has 2 aromatic carbocycles. The highest BCUT2D eigenvalue weighted by atomic mass is 16.7. The highest BCUT2D eigenvalue weighted by Crippen LogP contribution is 2.46. The normalized spacial score (nSPS) is 25.1. The number of likely N-dealkylation sites (tertiary alicyclic amines) is 1. The Labute approximate surface area is 188 Å². The van der Waals surface area contributed by atoms with E-state index >= 15 is 0 Å². The molecule has 5 rings (SSSR count). The fourth-order valence-electron chi connectivity index (χ4n) is 5.24. The second-order valence-corrected chi connectivity index (χ2v) is 8.88. The number of hydrogen-bond donors (Lipinski definition) is 1. The average molecular weight is 436 g/mol. The van der Waals surface area contributed by atoms with Gasteiger partial charge in [0.05, 0.1) is 31.4 Å². The quantitative estimate of drug-likeness (QED) is 0.767. The van der Waals surface area contributed by atoms with Gasteiger partial charge >= 0.3 is 6.03 Å². The van der Waals surface area contributed by atoms with E-state index in [1.54, 1.807) is 12.0 Å². The number of oxime groups is 1. The van der Waals surface area contributed by atoms with E-state index in [0.717, 1.165) is 35.4 Å². The predicted octanol–water partition coefficient (Wildman–Crippen LogP) is 4.06. The second-order valence-electron chi connectivity index (χ2n) is 8.88. The van der Waals surface area contributed by atoms with E-state index in [0.29, 0.717) is 25.3 Å². The van der Waals surface area contributed by atoms with Crippen LogP contribution in [0, 0.1) is 0 Å². The van der Waals surface area contributed by atoms with Crippen LogP contribution < -0.4 is 15.2 Å². The van der Waals surface area contributed by atoms with Crippen molar-refractivity contribution in [2.24, 2.45) is 10.9 Å². The zero-order valence-corrected chi connectivity index (χ0v) is 18.3. The fourth-order valence-corrected chi connectivity index (χ4v) is 5.24. The van der Waals surface area contributed by atoms with Crippen molar-refractivity contribution in [1.82, 2.24) is 4.90 Å². The minimum atomic E-state index is -0.627. The number of nitrogens with two attached hydrogens (primary N) is 1. The van der Waals surface area contributed by atoms with Crippen LogP contribution in [-0.4, -0.2) is 48.5 Å². The molecule has 2 N–H and O–H groups in total. The van der Waals surface area contributed by atoms with Gasteiger partial charge in [-0.1, -0.05) is 35.5 Å². The van der Waals surface area contributed by atoms with Crippen molar-refractivity contribution in [2.75, 3.05) is 20.2 Å². The van der Waals surface area contributed by atoms with E-state index in [9.17, 15) is 4.79 Å². The fraction of sp³-hybridized carbons (Fsp3) is 0.440. The zero-order valence-electron chi connectivity index (χ0n) is 18.3. The van der Waals surface area contributed by atoms with Crippen LogP contribution in [0.4, 0.5) is 4.79 Å². The van der Waals surface area contributed by atoms with Gasteiger partial charge < -0.3 is 24.9 Å². The summed E-state index contributed by atoms with van der Waals surface area (Å²) < 4.78 is 11.9. The number of benzene rings is 2. The van der Waals surface area contributed by atoms with Crippen molar-refractivity contribution in [3.63, 3.8) is 0 Å². The number of urea groups is 1. The number of nitrogens with zero attached hydrogens (tertiary/aromatic N) is 2. The summed E-state index contributed by atoms with van der Waals surface area (Å²) in [5.74, 6) is 1.32. The molecule has 2 unspecified atom stereocenters.